The number of likely N-dealkylation sites (tertiary alicyclic amines) is 1. The number of hydrogen-bond acceptors (Lipinski definition) is 7. The van der Waals surface area contributed by atoms with E-state index in [0.717, 1.165) is 40.5 Å². The Kier molecular flexibility index (Phi) is 7.36. The van der Waals surface area contributed by atoms with Crippen LogP contribution in [-0.4, -0.2) is 80.1 Å². The molecule has 37 heavy (non-hydrogen) atoms. The van der Waals surface area contributed by atoms with E-state index in [4.69, 9.17) is 9.47 Å². The number of nitrogens with zero attached hydrogens (tertiary/aromatic N) is 3. The number of thiophene rings is 1. The molecular weight excluding hydrogens is 488 g/mol. The van der Waals surface area contributed by atoms with E-state index < -0.39 is 0 Å². The summed E-state index contributed by atoms with van der Waals surface area (Å²) in [6.07, 6.45) is 2.68. The highest BCUT2D eigenvalue weighted by molar-refractivity contribution is 7.21. The van der Waals surface area contributed by atoms with E-state index in [1.165, 1.54) is 11.3 Å². The van der Waals surface area contributed by atoms with Gasteiger partial charge in [-0.1, -0.05) is 12.1 Å². The second-order valence-corrected chi connectivity index (χ2v) is 10.4. The third-order valence-corrected chi connectivity index (χ3v) is 7.81. The summed E-state index contributed by atoms with van der Waals surface area (Å²) in [6.45, 7) is 2.40. The monoisotopic (exact) mass is 518 g/mol. The van der Waals surface area contributed by atoms with Gasteiger partial charge >= 0.3 is 0 Å². The van der Waals surface area contributed by atoms with E-state index in [-0.39, 0.29) is 11.8 Å². The van der Waals surface area contributed by atoms with Gasteiger partial charge in [-0.2, -0.15) is 0 Å². The fourth-order valence-corrected chi connectivity index (χ4v) is 5.65. The SMILES string of the molecule is COCCNC(=O)c1cccc2cc(Oc3ccnc4cc(C(=O)N5CC[C@@H](N(C)C)C5)sc34)ccc12. The van der Waals surface area contributed by atoms with E-state index in [9.17, 15) is 9.59 Å². The largest absolute Gasteiger partial charge is 0.456 e. The van der Waals surface area contributed by atoms with Crippen LogP contribution in [0.4, 0.5) is 0 Å². The van der Waals surface area contributed by atoms with Gasteiger partial charge in [-0.25, -0.2) is 0 Å². The first kappa shape index (κ1) is 25.1. The van der Waals surface area contributed by atoms with Crippen molar-refractivity contribution in [3.8, 4) is 11.5 Å². The van der Waals surface area contributed by atoms with Crippen LogP contribution in [0, 0.1) is 0 Å². The van der Waals surface area contributed by atoms with Gasteiger partial charge in [0.05, 0.1) is 21.7 Å². The van der Waals surface area contributed by atoms with Gasteiger partial charge in [0, 0.05) is 50.6 Å². The van der Waals surface area contributed by atoms with Crippen molar-refractivity contribution in [2.75, 3.05) is 47.4 Å². The lowest BCUT2D eigenvalue weighted by molar-refractivity contribution is 0.0787. The number of pyridine rings is 1. The zero-order chi connectivity index (χ0) is 25.9. The van der Waals surface area contributed by atoms with Crippen LogP contribution in [0.25, 0.3) is 21.0 Å². The normalized spacial score (nSPS) is 15.6. The Morgan fingerprint density at radius 3 is 2.84 bits per heavy atom. The molecule has 0 bridgehead atoms. The molecule has 2 aromatic heterocycles. The molecule has 4 aromatic rings. The van der Waals surface area contributed by atoms with E-state index in [1.54, 1.807) is 13.3 Å². The molecular formula is C28H30N4O4S. The first-order valence-electron chi connectivity index (χ1n) is 12.3. The van der Waals surface area contributed by atoms with Gasteiger partial charge in [-0.15, -0.1) is 11.3 Å². The van der Waals surface area contributed by atoms with Crippen molar-refractivity contribution >= 4 is 44.1 Å². The summed E-state index contributed by atoms with van der Waals surface area (Å²) >= 11 is 1.41. The molecule has 2 aromatic carbocycles. The zero-order valence-electron chi connectivity index (χ0n) is 21.2. The first-order chi connectivity index (χ1) is 17.9. The lowest BCUT2D eigenvalue weighted by Gasteiger charge is -2.19. The third kappa shape index (κ3) is 5.29. The summed E-state index contributed by atoms with van der Waals surface area (Å²) in [5, 5.41) is 4.61. The maximum atomic E-state index is 13.2. The molecule has 0 saturated carbocycles. The lowest BCUT2D eigenvalue weighted by Crippen LogP contribution is -2.34. The second-order valence-electron chi connectivity index (χ2n) is 9.33. The van der Waals surface area contributed by atoms with Crippen molar-refractivity contribution in [2.45, 2.75) is 12.5 Å². The number of likely N-dealkylation sites (N-methyl/N-ethyl adjacent to an activating group) is 1. The summed E-state index contributed by atoms with van der Waals surface area (Å²) in [6, 6.07) is 15.3. The molecule has 3 heterocycles. The number of nitrogens with one attached hydrogen (secondary N) is 1. The predicted octanol–water partition coefficient (Wildman–Crippen LogP) is 4.39. The quantitative estimate of drug-likeness (QED) is 0.348. The maximum Gasteiger partial charge on any atom is 0.264 e. The van der Waals surface area contributed by atoms with Gasteiger partial charge in [-0.05, 0) is 61.6 Å². The van der Waals surface area contributed by atoms with E-state index in [1.807, 2.05) is 53.4 Å². The molecule has 0 radical (unpaired) electrons. The van der Waals surface area contributed by atoms with Gasteiger partial charge in [0.1, 0.15) is 11.5 Å². The van der Waals surface area contributed by atoms with Crippen LogP contribution < -0.4 is 10.1 Å². The highest BCUT2D eigenvalue weighted by atomic mass is 32.1. The Labute approximate surface area is 219 Å². The molecule has 2 amide bonds. The Bertz CT molecular complexity index is 1450. The van der Waals surface area contributed by atoms with Crippen molar-refractivity contribution in [1.29, 1.82) is 0 Å². The van der Waals surface area contributed by atoms with Crippen LogP contribution >= 0.6 is 11.3 Å². The van der Waals surface area contributed by atoms with Gasteiger partial charge in [0.15, 0.2) is 0 Å². The van der Waals surface area contributed by atoms with E-state index >= 15 is 0 Å². The van der Waals surface area contributed by atoms with Crippen molar-refractivity contribution < 1.29 is 19.1 Å². The highest BCUT2D eigenvalue weighted by Gasteiger charge is 2.29. The summed E-state index contributed by atoms with van der Waals surface area (Å²) in [5.41, 5.74) is 1.34. The summed E-state index contributed by atoms with van der Waals surface area (Å²) in [5.74, 6) is 1.19. The maximum absolute atomic E-state index is 13.2. The molecule has 5 rings (SSSR count). The number of methoxy groups -OCH3 is 1. The molecule has 1 fully saturated rings. The number of hydrogen-bond donors (Lipinski definition) is 1. The number of ether oxygens (including phenoxy) is 2. The van der Waals surface area contributed by atoms with Crippen molar-refractivity contribution in [3.63, 3.8) is 0 Å². The molecule has 1 aliphatic rings. The number of carbonyl (C=O) groups is 2. The molecule has 0 unspecified atom stereocenters. The zero-order valence-corrected chi connectivity index (χ0v) is 22.0. The first-order valence-corrected chi connectivity index (χ1v) is 13.1. The summed E-state index contributed by atoms with van der Waals surface area (Å²) in [7, 11) is 5.71. The number of fused-ring (bicyclic) bond motifs is 2. The molecule has 1 aliphatic heterocycles. The summed E-state index contributed by atoms with van der Waals surface area (Å²) in [4.78, 5) is 35.0. The molecule has 1 atom stereocenters. The Morgan fingerprint density at radius 2 is 2.05 bits per heavy atom. The van der Waals surface area contributed by atoms with Gasteiger partial charge < -0.3 is 24.6 Å². The second kappa shape index (κ2) is 10.8. The fraction of sp³-hybridized carbons (Fsp3) is 0.321. The van der Waals surface area contributed by atoms with Crippen LogP contribution in [0.3, 0.4) is 0 Å². The van der Waals surface area contributed by atoms with Crippen molar-refractivity contribution in [1.82, 2.24) is 20.1 Å². The summed E-state index contributed by atoms with van der Waals surface area (Å²) < 4.78 is 12.1. The minimum Gasteiger partial charge on any atom is -0.456 e. The minimum atomic E-state index is -0.141. The van der Waals surface area contributed by atoms with Crippen molar-refractivity contribution in [3.05, 3.63) is 65.2 Å². The number of benzene rings is 2. The Morgan fingerprint density at radius 1 is 1.19 bits per heavy atom. The molecule has 1 saturated heterocycles. The van der Waals surface area contributed by atoms with Gasteiger partial charge in [-0.3, -0.25) is 14.6 Å². The molecule has 8 nitrogen and oxygen atoms in total. The Hall–Kier alpha value is -3.53. The van der Waals surface area contributed by atoms with Gasteiger partial charge in [0.25, 0.3) is 11.8 Å². The van der Waals surface area contributed by atoms with E-state index in [0.29, 0.717) is 41.1 Å². The standard InChI is InChI=1S/C28H30N4O4S/c1-31(2)19-10-13-32(17-19)28(34)25-16-23-26(37-25)24(9-11-29-23)36-20-7-8-21-18(15-20)5-4-6-22(21)27(33)30-12-14-35-3/h4-9,11,15-16,19H,10,12-14,17H2,1-3H3,(H,30,33)/t19-/m1/s1. The Balaban J connectivity index is 1.37. The van der Waals surface area contributed by atoms with E-state index in [2.05, 4.69) is 29.3 Å². The molecule has 9 heteroatoms. The van der Waals surface area contributed by atoms with Gasteiger partial charge in [0.2, 0.25) is 0 Å². The fourth-order valence-electron chi connectivity index (χ4n) is 4.62. The van der Waals surface area contributed by atoms with Crippen LogP contribution in [0.2, 0.25) is 0 Å². The van der Waals surface area contributed by atoms with Crippen LogP contribution in [0.5, 0.6) is 11.5 Å². The van der Waals surface area contributed by atoms with Crippen LogP contribution in [0.15, 0.2) is 54.7 Å². The minimum absolute atomic E-state index is 0.0420. The topological polar surface area (TPSA) is 84.0 Å². The number of rotatable bonds is 8. The smallest absolute Gasteiger partial charge is 0.264 e. The highest BCUT2D eigenvalue weighted by Crippen LogP contribution is 2.36. The number of carbonyl (C=O) groups excluding carboxylic acids is 2. The number of amides is 2. The molecule has 0 spiro atoms. The van der Waals surface area contributed by atoms with Crippen molar-refractivity contribution in [2.24, 2.45) is 0 Å². The predicted molar refractivity (Wildman–Crippen MR) is 146 cm³/mol. The average molecular weight is 519 g/mol. The molecule has 1 N–H and O–H groups in total. The lowest BCUT2D eigenvalue weighted by atomic mass is 10.0. The molecule has 0 aliphatic carbocycles. The molecule has 192 valence electrons. The third-order valence-electron chi connectivity index (χ3n) is 6.68. The number of aromatic nitrogens is 1. The van der Waals surface area contributed by atoms with Crippen LogP contribution in [0.1, 0.15) is 26.5 Å². The average Bonchev–Trinajstić information content (AvgIpc) is 3.56. The van der Waals surface area contributed by atoms with Crippen LogP contribution in [-0.2, 0) is 4.74 Å².